The summed E-state index contributed by atoms with van der Waals surface area (Å²) >= 11 is 11.7. The van der Waals surface area contributed by atoms with Crippen LogP contribution in [0.25, 0.3) is 0 Å². The van der Waals surface area contributed by atoms with Gasteiger partial charge in [-0.25, -0.2) is 0 Å². The molecule has 0 spiro atoms. The van der Waals surface area contributed by atoms with E-state index in [0.29, 0.717) is 35.6 Å². The second-order valence-electron chi connectivity index (χ2n) is 6.49. The fourth-order valence-electron chi connectivity index (χ4n) is 3.70. The molecule has 2 aliphatic heterocycles. The van der Waals surface area contributed by atoms with Gasteiger partial charge in [0.15, 0.2) is 10.8 Å². The first-order valence-corrected chi connectivity index (χ1v) is 9.43. The van der Waals surface area contributed by atoms with E-state index in [0.717, 1.165) is 12.0 Å². The molecule has 3 atom stereocenters. The smallest absolute Gasteiger partial charge is 0.317 e. The lowest BCUT2D eigenvalue weighted by molar-refractivity contribution is -0.175. The minimum Gasteiger partial charge on any atom is -0.467 e. The summed E-state index contributed by atoms with van der Waals surface area (Å²) in [5.74, 6) is -0.214. The molecule has 0 amide bonds. The van der Waals surface area contributed by atoms with Crippen LogP contribution in [0.1, 0.15) is 31.9 Å². The number of hydrogen-bond acceptors (Lipinski definition) is 5. The van der Waals surface area contributed by atoms with Gasteiger partial charge in [-0.05, 0) is 50.7 Å². The Balaban J connectivity index is 2.04. The predicted molar refractivity (Wildman–Crippen MR) is 102 cm³/mol. The van der Waals surface area contributed by atoms with Gasteiger partial charge in [0.05, 0.1) is 12.6 Å². The van der Waals surface area contributed by atoms with Crippen molar-refractivity contribution in [3.05, 3.63) is 28.8 Å². The standard InChI is InChI=1S/C18H23ClN2O4S/c1-4-24-16(22)14-15-12-10-11(19)6-7-13(12)25-18(14,2)21(17(26)20-15)8-5-9-23-3/h6-7,10,14-15H,4-5,8-9H2,1-3H3,(H,20,26)/t14-,15+,18+/m1/s1. The summed E-state index contributed by atoms with van der Waals surface area (Å²) in [7, 11) is 1.66. The Bertz CT molecular complexity index is 716. The van der Waals surface area contributed by atoms with Gasteiger partial charge in [0, 0.05) is 30.8 Å². The summed E-state index contributed by atoms with van der Waals surface area (Å²) in [5, 5.41) is 4.42. The number of thiocarbonyl (C=S) groups is 1. The lowest BCUT2D eigenvalue weighted by atomic mass is 9.79. The van der Waals surface area contributed by atoms with E-state index in [1.54, 1.807) is 20.1 Å². The molecule has 1 saturated heterocycles. The average Bonchev–Trinajstić information content (AvgIpc) is 2.58. The number of esters is 1. The number of halogens is 1. The van der Waals surface area contributed by atoms with Crippen LogP contribution in [0.3, 0.4) is 0 Å². The molecule has 0 unspecified atom stereocenters. The summed E-state index contributed by atoms with van der Waals surface area (Å²) in [6.07, 6.45) is 0.755. The Hall–Kier alpha value is -1.57. The molecule has 0 radical (unpaired) electrons. The first-order chi connectivity index (χ1) is 12.4. The van der Waals surface area contributed by atoms with E-state index in [1.807, 2.05) is 24.0 Å². The second-order valence-corrected chi connectivity index (χ2v) is 7.32. The van der Waals surface area contributed by atoms with Crippen molar-refractivity contribution in [2.45, 2.75) is 32.0 Å². The number of ether oxygens (including phenoxy) is 3. The van der Waals surface area contributed by atoms with Crippen molar-refractivity contribution in [3.63, 3.8) is 0 Å². The van der Waals surface area contributed by atoms with Crippen LogP contribution in [0, 0.1) is 5.92 Å². The Morgan fingerprint density at radius 1 is 1.50 bits per heavy atom. The van der Waals surface area contributed by atoms with Crippen LogP contribution in [0.5, 0.6) is 5.75 Å². The monoisotopic (exact) mass is 398 g/mol. The van der Waals surface area contributed by atoms with E-state index < -0.39 is 11.6 Å². The Morgan fingerprint density at radius 3 is 2.96 bits per heavy atom. The van der Waals surface area contributed by atoms with Crippen LogP contribution in [-0.2, 0) is 14.3 Å². The number of hydrogen-bond donors (Lipinski definition) is 1. The molecule has 8 heteroatoms. The van der Waals surface area contributed by atoms with Gasteiger partial charge in [0.25, 0.3) is 0 Å². The maximum absolute atomic E-state index is 12.8. The largest absolute Gasteiger partial charge is 0.467 e. The van der Waals surface area contributed by atoms with Crippen molar-refractivity contribution in [2.24, 2.45) is 5.92 Å². The van der Waals surface area contributed by atoms with Crippen LogP contribution >= 0.6 is 23.8 Å². The van der Waals surface area contributed by atoms with Crippen molar-refractivity contribution < 1.29 is 19.0 Å². The van der Waals surface area contributed by atoms with Crippen molar-refractivity contribution in [2.75, 3.05) is 26.9 Å². The lowest BCUT2D eigenvalue weighted by Gasteiger charge is -2.55. The minimum absolute atomic E-state index is 0.300. The van der Waals surface area contributed by atoms with Gasteiger partial charge in [-0.1, -0.05) is 11.6 Å². The number of nitrogens with zero attached hydrogens (tertiary/aromatic N) is 1. The molecule has 0 aromatic heterocycles. The van der Waals surface area contributed by atoms with Crippen molar-refractivity contribution in [1.82, 2.24) is 10.2 Å². The summed E-state index contributed by atoms with van der Waals surface area (Å²) in [6.45, 7) is 5.17. The lowest BCUT2D eigenvalue weighted by Crippen LogP contribution is -2.71. The number of carbonyl (C=O) groups excluding carboxylic acids is 1. The minimum atomic E-state index is -0.951. The number of methoxy groups -OCH3 is 1. The SMILES string of the molecule is CCOC(=O)[C@H]1[C@H]2NC(=S)N(CCCOC)[C@@]1(C)Oc1ccc(Cl)cc12. The van der Waals surface area contributed by atoms with Crippen LogP contribution in [0.15, 0.2) is 18.2 Å². The number of carbonyl (C=O) groups is 1. The van der Waals surface area contributed by atoms with Gasteiger partial charge in [0.1, 0.15) is 11.7 Å². The molecule has 0 aliphatic carbocycles. The third-order valence-electron chi connectivity index (χ3n) is 4.86. The molecule has 1 fully saturated rings. The maximum Gasteiger partial charge on any atom is 0.317 e. The fourth-order valence-corrected chi connectivity index (χ4v) is 4.28. The highest BCUT2D eigenvalue weighted by atomic mass is 35.5. The zero-order chi connectivity index (χ0) is 18.9. The van der Waals surface area contributed by atoms with Crippen LogP contribution in [0.4, 0.5) is 0 Å². The zero-order valence-corrected chi connectivity index (χ0v) is 16.7. The highest BCUT2D eigenvalue weighted by molar-refractivity contribution is 7.80. The van der Waals surface area contributed by atoms with E-state index in [9.17, 15) is 4.79 Å². The van der Waals surface area contributed by atoms with E-state index in [1.165, 1.54) is 0 Å². The number of fused-ring (bicyclic) bond motifs is 4. The molecule has 2 heterocycles. The Morgan fingerprint density at radius 2 is 2.27 bits per heavy atom. The highest BCUT2D eigenvalue weighted by Gasteiger charge is 2.59. The molecule has 0 saturated carbocycles. The molecule has 142 valence electrons. The van der Waals surface area contributed by atoms with Gasteiger partial charge in [-0.15, -0.1) is 0 Å². The van der Waals surface area contributed by atoms with E-state index in [4.69, 9.17) is 38.0 Å². The summed E-state index contributed by atoms with van der Waals surface area (Å²) < 4.78 is 16.8. The normalized spacial score (nSPS) is 26.6. The van der Waals surface area contributed by atoms with Gasteiger partial charge < -0.3 is 24.4 Å². The number of nitrogens with one attached hydrogen (secondary N) is 1. The molecule has 1 aromatic rings. The number of benzene rings is 1. The molecule has 1 aromatic carbocycles. The van der Waals surface area contributed by atoms with Gasteiger partial charge >= 0.3 is 5.97 Å². The first-order valence-electron chi connectivity index (χ1n) is 8.64. The predicted octanol–water partition coefficient (Wildman–Crippen LogP) is 2.90. The molecule has 6 nitrogen and oxygen atoms in total. The average molecular weight is 399 g/mol. The van der Waals surface area contributed by atoms with E-state index >= 15 is 0 Å². The second kappa shape index (κ2) is 7.58. The summed E-state index contributed by atoms with van der Waals surface area (Å²) in [5.41, 5.74) is -0.139. The molecular formula is C18H23ClN2O4S. The maximum atomic E-state index is 12.8. The highest BCUT2D eigenvalue weighted by Crippen LogP contribution is 2.49. The van der Waals surface area contributed by atoms with Gasteiger partial charge in [0.2, 0.25) is 0 Å². The quantitative estimate of drug-likeness (QED) is 0.449. The van der Waals surface area contributed by atoms with Gasteiger partial charge in [-0.2, -0.15) is 0 Å². The van der Waals surface area contributed by atoms with Crippen molar-refractivity contribution >= 4 is 34.9 Å². The molecule has 26 heavy (non-hydrogen) atoms. The summed E-state index contributed by atoms with van der Waals surface area (Å²) in [6, 6.07) is 5.06. The fraction of sp³-hybridized carbons (Fsp3) is 0.556. The van der Waals surface area contributed by atoms with Crippen LogP contribution < -0.4 is 10.1 Å². The van der Waals surface area contributed by atoms with E-state index in [2.05, 4.69) is 5.32 Å². The molecular weight excluding hydrogens is 376 g/mol. The van der Waals surface area contributed by atoms with Gasteiger partial charge in [-0.3, -0.25) is 4.79 Å². The third-order valence-corrected chi connectivity index (χ3v) is 5.44. The van der Waals surface area contributed by atoms with Crippen molar-refractivity contribution in [1.29, 1.82) is 0 Å². The molecule has 2 bridgehead atoms. The Kier molecular flexibility index (Phi) is 5.60. The molecule has 2 aliphatic rings. The zero-order valence-electron chi connectivity index (χ0n) is 15.1. The van der Waals surface area contributed by atoms with E-state index in [-0.39, 0.29) is 12.0 Å². The topological polar surface area (TPSA) is 60.0 Å². The van der Waals surface area contributed by atoms with Crippen LogP contribution in [0.2, 0.25) is 5.02 Å². The molecule has 1 N–H and O–H groups in total. The molecule has 3 rings (SSSR count). The van der Waals surface area contributed by atoms with Crippen LogP contribution in [-0.4, -0.2) is 48.6 Å². The first kappa shape index (κ1) is 19.2. The van der Waals surface area contributed by atoms with Crippen molar-refractivity contribution in [3.8, 4) is 5.75 Å². The third kappa shape index (κ3) is 3.23. The number of rotatable bonds is 6. The Labute approximate surface area is 163 Å². The summed E-state index contributed by atoms with van der Waals surface area (Å²) in [4.78, 5) is 14.7.